The Hall–Kier alpha value is -4.88. The van der Waals surface area contributed by atoms with Gasteiger partial charge in [0.05, 0.1) is 34.1 Å². The van der Waals surface area contributed by atoms with Crippen molar-refractivity contribution in [1.29, 1.82) is 0 Å². The highest BCUT2D eigenvalue weighted by molar-refractivity contribution is 7.00. The van der Waals surface area contributed by atoms with Crippen LogP contribution in [-0.4, -0.2) is 18.7 Å². The van der Waals surface area contributed by atoms with Gasteiger partial charge in [0.2, 0.25) is 0 Å². The summed E-state index contributed by atoms with van der Waals surface area (Å²) in [6.07, 6.45) is 13.8. The summed E-state index contributed by atoms with van der Waals surface area (Å²) in [4.78, 5) is 10.2. The van der Waals surface area contributed by atoms with Gasteiger partial charge in [0.15, 0.2) is 0 Å². The maximum absolute atomic E-state index is 15.6. The molecule has 7 aromatic rings. The number of hydrogen-bond acceptors (Lipinski definition) is 5. The molecule has 59 heavy (non-hydrogen) atoms. The molecule has 0 aliphatic heterocycles. The lowest BCUT2D eigenvalue weighted by Crippen LogP contribution is -2.01. The van der Waals surface area contributed by atoms with Crippen molar-refractivity contribution in [2.24, 2.45) is 11.8 Å². The van der Waals surface area contributed by atoms with Gasteiger partial charge in [0.25, 0.3) is 0 Å². The molecule has 0 bridgehead atoms. The van der Waals surface area contributed by atoms with Gasteiger partial charge in [-0.2, -0.15) is 8.75 Å². The molecule has 0 saturated heterocycles. The first-order valence-electron chi connectivity index (χ1n) is 21.9. The molecule has 2 atom stereocenters. The summed E-state index contributed by atoms with van der Waals surface area (Å²) in [7, 11) is 0. The summed E-state index contributed by atoms with van der Waals surface area (Å²) in [5.74, 6) is 0.990. The summed E-state index contributed by atoms with van der Waals surface area (Å²) < 4.78 is 40.9. The quantitative estimate of drug-likeness (QED) is 0.0866. The molecule has 2 unspecified atom stereocenters. The largest absolute Gasteiger partial charge is 0.249 e. The van der Waals surface area contributed by atoms with Crippen LogP contribution in [0.2, 0.25) is 0 Å². The van der Waals surface area contributed by atoms with Crippen molar-refractivity contribution in [2.75, 3.05) is 0 Å². The Kier molecular flexibility index (Phi) is 13.9. The first-order valence-corrected chi connectivity index (χ1v) is 22.7. The molecule has 7 rings (SSSR count). The maximum atomic E-state index is 15.6. The predicted octanol–water partition coefficient (Wildman–Crippen LogP) is 15.5. The van der Waals surface area contributed by atoms with Crippen LogP contribution < -0.4 is 0 Å². The van der Waals surface area contributed by atoms with E-state index in [2.05, 4.69) is 39.8 Å². The number of benzene rings is 5. The summed E-state index contributed by atoms with van der Waals surface area (Å²) in [6.45, 7) is 12.9. The summed E-state index contributed by atoms with van der Waals surface area (Å²) in [5, 5.41) is 0. The molecule has 0 radical (unpaired) electrons. The average Bonchev–Trinajstić information content (AvgIpc) is 3.73. The van der Waals surface area contributed by atoms with Crippen molar-refractivity contribution >= 4 is 33.8 Å². The fourth-order valence-electron chi connectivity index (χ4n) is 8.60. The van der Waals surface area contributed by atoms with Crippen LogP contribution in [-0.2, 0) is 12.8 Å². The van der Waals surface area contributed by atoms with E-state index >= 15 is 8.78 Å². The number of nitrogens with zero attached hydrogens (tertiary/aromatic N) is 4. The molecule has 2 heterocycles. The molecule has 4 nitrogen and oxygen atoms in total. The van der Waals surface area contributed by atoms with Crippen molar-refractivity contribution in [3.05, 3.63) is 119 Å². The molecule has 0 N–H and O–H groups in total. The first kappa shape index (κ1) is 42.3. The van der Waals surface area contributed by atoms with Gasteiger partial charge in [-0.1, -0.05) is 152 Å². The molecule has 5 aromatic carbocycles. The monoisotopic (exact) mass is 808 g/mol. The Balaban J connectivity index is 1.18. The third-order valence-electron chi connectivity index (χ3n) is 12.5. The fourth-order valence-corrected chi connectivity index (χ4v) is 9.16. The lowest BCUT2D eigenvalue weighted by atomic mass is 9.91. The second kappa shape index (κ2) is 19.5. The van der Waals surface area contributed by atoms with E-state index in [0.717, 1.165) is 115 Å². The molecule has 0 aliphatic rings. The Morgan fingerprint density at radius 1 is 0.492 bits per heavy atom. The number of unbranched alkanes of at least 4 members (excludes halogenated alkanes) is 2. The SMILES string of the molecule is CCCCC(CC)CCc1ccc(-c2ccc(-c3c4nsnc4c(-c4ccc(-c5ccc(CCC(CC)CCCC)cc5F)cc4)c4nc(C)c(C)nc34)cc2)c(F)c1. The van der Waals surface area contributed by atoms with Crippen LogP contribution >= 0.6 is 11.7 Å². The molecular formula is C52H58F2N4S. The van der Waals surface area contributed by atoms with Crippen LogP contribution in [0.25, 0.3) is 66.6 Å². The standard InChI is InChI=1S/C52H58F2N4S/c1-7-11-13-35(9-3)15-17-37-19-29-43(45(53)31-37)39-21-25-41(26-22-39)47-49-50(56-34(6)33(5)55-49)48(52-51(47)57-59-58-52)42-27-23-40(24-28-42)44-30-20-38(32-46(44)54)18-16-36(10-4)14-12-8-2/h19-32,35-36H,7-18H2,1-6H3. The van der Waals surface area contributed by atoms with Crippen LogP contribution in [0.1, 0.15) is 114 Å². The van der Waals surface area contributed by atoms with Crippen molar-refractivity contribution in [3.8, 4) is 44.5 Å². The third kappa shape index (κ3) is 9.46. The molecule has 0 amide bonds. The Morgan fingerprint density at radius 2 is 0.881 bits per heavy atom. The van der Waals surface area contributed by atoms with E-state index in [1.807, 2.05) is 74.5 Å². The van der Waals surface area contributed by atoms with Gasteiger partial charge in [0.1, 0.15) is 22.7 Å². The topological polar surface area (TPSA) is 51.6 Å². The van der Waals surface area contributed by atoms with E-state index in [4.69, 9.17) is 18.7 Å². The molecule has 7 heteroatoms. The van der Waals surface area contributed by atoms with E-state index < -0.39 is 0 Å². The molecular weight excluding hydrogens is 751 g/mol. The van der Waals surface area contributed by atoms with E-state index in [9.17, 15) is 0 Å². The van der Waals surface area contributed by atoms with Gasteiger partial charge in [-0.15, -0.1) is 0 Å². The molecule has 0 fully saturated rings. The van der Waals surface area contributed by atoms with Crippen molar-refractivity contribution in [1.82, 2.24) is 18.7 Å². The van der Waals surface area contributed by atoms with E-state index in [-0.39, 0.29) is 11.6 Å². The highest BCUT2D eigenvalue weighted by Gasteiger charge is 2.23. The molecule has 0 saturated carbocycles. The Morgan fingerprint density at radius 3 is 1.24 bits per heavy atom. The number of halogens is 2. The summed E-state index contributed by atoms with van der Waals surface area (Å²) >= 11 is 1.16. The van der Waals surface area contributed by atoms with Gasteiger partial charge in [-0.3, -0.25) is 0 Å². The molecule has 2 aromatic heterocycles. The lowest BCUT2D eigenvalue weighted by molar-refractivity contribution is 0.421. The second-order valence-corrected chi connectivity index (χ2v) is 17.0. The van der Waals surface area contributed by atoms with Gasteiger partial charge in [-0.25, -0.2) is 18.7 Å². The smallest absolute Gasteiger partial charge is 0.131 e. The van der Waals surface area contributed by atoms with Crippen LogP contribution in [0.15, 0.2) is 84.9 Å². The third-order valence-corrected chi connectivity index (χ3v) is 13.1. The maximum Gasteiger partial charge on any atom is 0.131 e. The molecule has 306 valence electrons. The van der Waals surface area contributed by atoms with Crippen LogP contribution in [0, 0.1) is 37.3 Å². The zero-order valence-corrected chi connectivity index (χ0v) is 36.5. The zero-order valence-electron chi connectivity index (χ0n) is 35.7. The van der Waals surface area contributed by atoms with E-state index in [1.54, 1.807) is 12.1 Å². The highest BCUT2D eigenvalue weighted by Crippen LogP contribution is 2.43. The van der Waals surface area contributed by atoms with Crippen LogP contribution in [0.3, 0.4) is 0 Å². The highest BCUT2D eigenvalue weighted by atomic mass is 32.1. The van der Waals surface area contributed by atoms with Crippen molar-refractivity contribution in [2.45, 2.75) is 119 Å². The number of aromatic nitrogens is 4. The first-order chi connectivity index (χ1) is 28.7. The Bertz CT molecular complexity index is 2330. The minimum atomic E-state index is -0.196. The predicted molar refractivity (Wildman–Crippen MR) is 245 cm³/mol. The van der Waals surface area contributed by atoms with Crippen molar-refractivity contribution in [3.63, 3.8) is 0 Å². The summed E-state index contributed by atoms with van der Waals surface area (Å²) in [5.41, 5.74) is 13.1. The van der Waals surface area contributed by atoms with Crippen LogP contribution in [0.5, 0.6) is 0 Å². The second-order valence-electron chi connectivity index (χ2n) is 16.5. The Labute approximate surface area is 353 Å². The lowest BCUT2D eigenvalue weighted by Gasteiger charge is -2.15. The van der Waals surface area contributed by atoms with Gasteiger partial charge in [-0.05, 0) is 96.9 Å². The van der Waals surface area contributed by atoms with E-state index in [0.29, 0.717) is 23.0 Å². The fraction of sp³-hybridized carbons (Fsp3) is 0.385. The number of hydrogen-bond donors (Lipinski definition) is 0. The molecule has 0 aliphatic carbocycles. The van der Waals surface area contributed by atoms with Gasteiger partial charge in [0, 0.05) is 22.3 Å². The van der Waals surface area contributed by atoms with Gasteiger partial charge < -0.3 is 0 Å². The van der Waals surface area contributed by atoms with Crippen molar-refractivity contribution < 1.29 is 8.78 Å². The minimum absolute atomic E-state index is 0.196. The summed E-state index contributed by atoms with van der Waals surface area (Å²) in [6, 6.07) is 27.4. The number of aryl methyl sites for hydroxylation is 4. The number of rotatable bonds is 18. The normalized spacial score (nSPS) is 12.7. The minimum Gasteiger partial charge on any atom is -0.249 e. The van der Waals surface area contributed by atoms with Gasteiger partial charge >= 0.3 is 0 Å². The zero-order chi connectivity index (χ0) is 41.5. The number of fused-ring (bicyclic) bond motifs is 2. The molecule has 0 spiro atoms. The van der Waals surface area contributed by atoms with Crippen LogP contribution in [0.4, 0.5) is 8.78 Å². The average molecular weight is 809 g/mol. The van der Waals surface area contributed by atoms with E-state index in [1.165, 1.54) is 51.4 Å².